The number of ether oxygens (including phenoxy) is 10. The van der Waals surface area contributed by atoms with Crippen molar-refractivity contribution in [2.24, 2.45) is 0 Å². The van der Waals surface area contributed by atoms with Gasteiger partial charge in [-0.1, -0.05) is 29.7 Å². The van der Waals surface area contributed by atoms with Crippen LogP contribution in [0.1, 0.15) is 35.4 Å². The van der Waals surface area contributed by atoms with Gasteiger partial charge < -0.3 is 88.2 Å². The van der Waals surface area contributed by atoms with E-state index >= 15 is 0 Å². The lowest BCUT2D eigenvalue weighted by Gasteiger charge is -2.09. The predicted molar refractivity (Wildman–Crippen MR) is 191 cm³/mol. The molecule has 0 spiro atoms. The molecule has 0 aromatic heterocycles. The largest absolute Gasteiger partial charge is 0.388 e. The summed E-state index contributed by atoms with van der Waals surface area (Å²) in [6, 6.07) is 0. The Morgan fingerprint density at radius 1 is 0.315 bits per heavy atom. The Morgan fingerprint density at radius 2 is 0.500 bits per heavy atom. The number of fused-ring (bicyclic) bond motifs is 5. The highest BCUT2D eigenvalue weighted by Crippen LogP contribution is 2.29. The van der Waals surface area contributed by atoms with E-state index < -0.39 is 73.2 Å². The van der Waals surface area contributed by atoms with E-state index in [9.17, 15) is 9.59 Å². The van der Waals surface area contributed by atoms with Crippen molar-refractivity contribution in [2.75, 3.05) is 66.1 Å². The highest BCUT2D eigenvalue weighted by atomic mass is 16.6. The minimum absolute atomic E-state index is 0. The monoisotopic (exact) mass is 798 g/mol. The quantitative estimate of drug-likeness (QED) is 0.118. The molecule has 10 saturated heterocycles. The molecule has 8 N–H and O–H groups in total. The van der Waals surface area contributed by atoms with Crippen LogP contribution < -0.4 is 0 Å². The van der Waals surface area contributed by atoms with Gasteiger partial charge in [-0.25, -0.2) is 0 Å². The molecular formula is C34H70O20. The summed E-state index contributed by atoms with van der Waals surface area (Å²) in [5.41, 5.74) is 0. The molecule has 18 atom stereocenters. The van der Waals surface area contributed by atoms with E-state index in [4.69, 9.17) is 88.2 Å². The number of carbonyl (C=O) groups excluding carboxylic acids is 2. The lowest BCUT2D eigenvalue weighted by atomic mass is 10.1. The highest BCUT2D eigenvalue weighted by Gasteiger charge is 2.49. The number of Topliss-reactive ketones (excluding diaryl/α,β-unsaturated/α-hetero) is 2. The molecule has 14 unspecified atom stereocenters. The normalized spacial score (nSPS) is 46.7. The van der Waals surface area contributed by atoms with Crippen molar-refractivity contribution in [2.45, 2.75) is 140 Å². The molecule has 10 rings (SSSR count). The Morgan fingerprint density at radius 3 is 0.704 bits per heavy atom. The maximum atomic E-state index is 10.8. The van der Waals surface area contributed by atoms with Crippen LogP contribution in [0.25, 0.3) is 0 Å². The van der Waals surface area contributed by atoms with Crippen molar-refractivity contribution in [3.05, 3.63) is 0 Å². The molecule has 0 aromatic rings. The fourth-order valence-corrected chi connectivity index (χ4v) is 7.03. The number of aliphatic hydroxyl groups excluding tert-OH is 8. The third-order valence-corrected chi connectivity index (χ3v) is 9.72. The van der Waals surface area contributed by atoms with Gasteiger partial charge in [-0.3, -0.25) is 9.59 Å². The molecule has 0 radical (unpaired) electrons. The first-order valence-corrected chi connectivity index (χ1v) is 16.6. The molecule has 54 heavy (non-hydrogen) atoms. The van der Waals surface area contributed by atoms with Gasteiger partial charge in [0.25, 0.3) is 0 Å². The van der Waals surface area contributed by atoms with Crippen molar-refractivity contribution < 1.29 is 104 Å². The molecular weight excluding hydrogens is 728 g/mol. The molecule has 0 aromatic carbocycles. The van der Waals surface area contributed by atoms with Crippen LogP contribution in [0.4, 0.5) is 0 Å². The van der Waals surface area contributed by atoms with Crippen LogP contribution in [0, 0.1) is 0 Å². The van der Waals surface area contributed by atoms with E-state index in [-0.39, 0.29) is 150 Å². The van der Waals surface area contributed by atoms with Crippen molar-refractivity contribution in [3.8, 4) is 0 Å². The van der Waals surface area contributed by atoms with E-state index in [1.807, 2.05) is 0 Å². The second-order valence-corrected chi connectivity index (χ2v) is 13.3. The minimum atomic E-state index is -0.614. The maximum absolute atomic E-state index is 10.8. The van der Waals surface area contributed by atoms with Crippen LogP contribution in [0.2, 0.25) is 0 Å². The average molecular weight is 799 g/mol. The summed E-state index contributed by atoms with van der Waals surface area (Å²) in [5, 5.41) is 73.2. The van der Waals surface area contributed by atoms with Crippen molar-refractivity contribution in [3.63, 3.8) is 0 Å². The fraction of sp³-hybridized carbons (Fsp3) is 0.941. The average Bonchev–Trinajstić information content (AvgIpc) is 3.93. The number of rotatable bonds is 0. The zero-order chi connectivity index (χ0) is 35.7. The molecule has 10 aliphatic rings. The molecule has 0 saturated carbocycles. The second-order valence-electron chi connectivity index (χ2n) is 13.3. The molecule has 10 heterocycles. The van der Waals surface area contributed by atoms with Crippen LogP contribution in [0.3, 0.4) is 0 Å². The van der Waals surface area contributed by atoms with E-state index in [2.05, 4.69) is 0 Å². The topological polar surface area (TPSA) is 288 Å². The highest BCUT2D eigenvalue weighted by molar-refractivity contribution is 5.87. The molecule has 326 valence electrons. The summed E-state index contributed by atoms with van der Waals surface area (Å²) in [6.07, 6.45) is -8.10. The number of carbonyl (C=O) groups is 2. The third kappa shape index (κ3) is 10.6. The molecule has 0 bridgehead atoms. The smallest absolute Gasteiger partial charge is 0.189 e. The van der Waals surface area contributed by atoms with Crippen molar-refractivity contribution in [1.82, 2.24) is 0 Å². The summed E-state index contributed by atoms with van der Waals surface area (Å²) in [4.78, 5) is 21.7. The van der Waals surface area contributed by atoms with Gasteiger partial charge in [0.1, 0.15) is 123 Å². The Balaban J connectivity index is -0.000000630. The Labute approximate surface area is 321 Å². The molecule has 20 heteroatoms. The van der Waals surface area contributed by atoms with Gasteiger partial charge in [0, 0.05) is 5.71 Å². The predicted octanol–water partition coefficient (Wildman–Crippen LogP) is -3.53. The van der Waals surface area contributed by atoms with E-state index in [0.29, 0.717) is 0 Å². The molecule has 10 fully saturated rings. The molecule has 0 aliphatic carbocycles. The van der Waals surface area contributed by atoms with Gasteiger partial charge in [-0.2, -0.15) is 0 Å². The Kier molecular flexibility index (Phi) is 19.3. The summed E-state index contributed by atoms with van der Waals surface area (Å²) in [7, 11) is 0. The number of ketones is 2. The lowest BCUT2D eigenvalue weighted by Crippen LogP contribution is -2.30. The SMILES string of the molecule is C.C.C.C.O=C1COC2C(O)COC12.O=C1COC2C1OC[C@H]2O.OC1COC2C(O)COC12.OC1COC2C1OC[C@H]2O.O[C@@H]1COC2C1OC[C@H]2O.[HH].[HH].[HH].[HH]. The van der Waals surface area contributed by atoms with Crippen LogP contribution >= 0.6 is 0 Å². The zero-order valence-corrected chi connectivity index (χ0v) is 26.9. The van der Waals surface area contributed by atoms with Gasteiger partial charge in [-0.15, -0.1) is 0 Å². The van der Waals surface area contributed by atoms with E-state index in [1.54, 1.807) is 0 Å². The van der Waals surface area contributed by atoms with Gasteiger partial charge in [0.2, 0.25) is 0 Å². The van der Waals surface area contributed by atoms with Crippen LogP contribution in [-0.2, 0) is 57.0 Å². The van der Waals surface area contributed by atoms with Crippen LogP contribution in [0.15, 0.2) is 0 Å². The van der Waals surface area contributed by atoms with Crippen LogP contribution in [0.5, 0.6) is 0 Å². The second kappa shape index (κ2) is 21.4. The lowest BCUT2D eigenvalue weighted by molar-refractivity contribution is -0.125. The molecule has 10 aliphatic heterocycles. The van der Waals surface area contributed by atoms with Gasteiger partial charge >= 0.3 is 0 Å². The molecule has 20 nitrogen and oxygen atoms in total. The van der Waals surface area contributed by atoms with E-state index in [0.717, 1.165) is 0 Å². The van der Waals surface area contributed by atoms with Gasteiger partial charge in [0.05, 0.1) is 52.9 Å². The standard InChI is InChI=1S/3C6H10O4.2C6H8O4.4CH4.4H2/c5*7-3-1-9-6-4(8)2-10-5(3)6;;;;;;;;/h3*3-8H,1-2H2;2*3,5-7H,1-2H2;4*1H4;4*1H/t3-,4?,5?,6?;3-,4-,5?,6?;;3-,5?,6?;;;;;;;;;/m11.1........./s1. The Hall–Kier alpha value is -1.38. The van der Waals surface area contributed by atoms with Crippen LogP contribution in [-0.4, -0.2) is 228 Å². The summed E-state index contributed by atoms with van der Waals surface area (Å²) in [5.74, 6) is -0.108. The summed E-state index contributed by atoms with van der Waals surface area (Å²) >= 11 is 0. The summed E-state index contributed by atoms with van der Waals surface area (Å²) in [6.45, 7) is 2.33. The summed E-state index contributed by atoms with van der Waals surface area (Å²) < 4.78 is 50.4. The first-order valence-electron chi connectivity index (χ1n) is 16.6. The van der Waals surface area contributed by atoms with E-state index in [1.165, 1.54) is 0 Å². The number of hydrogen-bond acceptors (Lipinski definition) is 20. The van der Waals surface area contributed by atoms with Gasteiger partial charge in [0.15, 0.2) is 11.6 Å². The van der Waals surface area contributed by atoms with Crippen molar-refractivity contribution in [1.29, 1.82) is 0 Å². The zero-order valence-electron chi connectivity index (χ0n) is 26.9. The maximum Gasteiger partial charge on any atom is 0.189 e. The first-order chi connectivity index (χ1) is 23.9. The van der Waals surface area contributed by atoms with Crippen molar-refractivity contribution >= 4 is 11.6 Å². The molecule has 0 amide bonds. The Bertz CT molecular complexity index is 1010. The third-order valence-electron chi connectivity index (χ3n) is 9.72. The fourth-order valence-electron chi connectivity index (χ4n) is 7.03. The first kappa shape index (κ1) is 48.8. The number of hydrogen-bond donors (Lipinski definition) is 8. The minimum Gasteiger partial charge on any atom is -0.388 e. The van der Waals surface area contributed by atoms with Gasteiger partial charge in [-0.05, 0) is 0 Å². The number of aliphatic hydroxyl groups is 8.